The minimum absolute atomic E-state index is 0.202. The molecule has 0 aromatic heterocycles. The van der Waals surface area contributed by atoms with Gasteiger partial charge in [-0.1, -0.05) is 58.4 Å². The van der Waals surface area contributed by atoms with Crippen LogP contribution in [0.2, 0.25) is 0 Å². The first-order valence-electron chi connectivity index (χ1n) is 8.59. The maximum Gasteiger partial charge on any atom is 0.340 e. The third kappa shape index (κ3) is 3.74. The number of hydrogen-bond donors (Lipinski definition) is 0. The van der Waals surface area contributed by atoms with Crippen LogP contribution in [0, 0.1) is 0 Å². The zero-order valence-electron chi connectivity index (χ0n) is 15.4. The van der Waals surface area contributed by atoms with E-state index in [-0.39, 0.29) is 11.9 Å². The first kappa shape index (κ1) is 19.1. The summed E-state index contributed by atoms with van der Waals surface area (Å²) in [5.74, 6) is -0.714. The van der Waals surface area contributed by atoms with Crippen LogP contribution in [0.3, 0.4) is 0 Å². The third-order valence-corrected chi connectivity index (χ3v) is 5.15. The molecule has 1 aliphatic heterocycles. The van der Waals surface area contributed by atoms with E-state index in [0.29, 0.717) is 16.8 Å². The van der Waals surface area contributed by atoms with Crippen molar-refractivity contribution in [2.75, 3.05) is 7.11 Å². The van der Waals surface area contributed by atoms with Gasteiger partial charge in [0.15, 0.2) is 0 Å². The summed E-state index contributed by atoms with van der Waals surface area (Å²) in [6, 6.07) is 17.1. The van der Waals surface area contributed by atoms with Gasteiger partial charge in [-0.25, -0.2) is 4.79 Å². The topological polar surface area (TPSA) is 46.6 Å². The Morgan fingerprint density at radius 1 is 1.15 bits per heavy atom. The molecule has 27 heavy (non-hydrogen) atoms. The number of carbonyl (C=O) groups excluding carboxylic acids is 2. The molecule has 0 unspecified atom stereocenters. The van der Waals surface area contributed by atoms with Gasteiger partial charge in [-0.3, -0.25) is 4.79 Å². The van der Waals surface area contributed by atoms with E-state index in [4.69, 9.17) is 4.74 Å². The number of esters is 1. The van der Waals surface area contributed by atoms with Crippen LogP contribution in [-0.2, 0) is 14.3 Å². The molecule has 2 aromatic rings. The van der Waals surface area contributed by atoms with Crippen LogP contribution >= 0.6 is 15.9 Å². The van der Waals surface area contributed by atoms with Crippen molar-refractivity contribution in [2.24, 2.45) is 0 Å². The first-order chi connectivity index (χ1) is 12.9. The normalized spacial score (nSPS) is 16.8. The molecular weight excluding hydrogens is 406 g/mol. The second-order valence-corrected chi connectivity index (χ2v) is 7.24. The molecule has 1 atom stereocenters. The van der Waals surface area contributed by atoms with Crippen molar-refractivity contribution < 1.29 is 14.3 Å². The maximum absolute atomic E-state index is 13.2. The SMILES string of the molecule is COC(=O)C1=C(C)N([C@H](C)c2ccccc2)C(=O)/C1=C\c1cccc(Br)c1. The highest BCUT2D eigenvalue weighted by molar-refractivity contribution is 9.10. The van der Waals surface area contributed by atoms with E-state index in [2.05, 4.69) is 15.9 Å². The van der Waals surface area contributed by atoms with E-state index in [9.17, 15) is 9.59 Å². The van der Waals surface area contributed by atoms with E-state index >= 15 is 0 Å². The Hall–Kier alpha value is -2.66. The number of ether oxygens (including phenoxy) is 1. The van der Waals surface area contributed by atoms with Crippen LogP contribution in [0.15, 0.2) is 75.9 Å². The van der Waals surface area contributed by atoms with E-state index in [0.717, 1.165) is 15.6 Å². The van der Waals surface area contributed by atoms with Crippen molar-refractivity contribution >= 4 is 33.9 Å². The molecule has 5 heteroatoms. The van der Waals surface area contributed by atoms with Crippen LogP contribution in [0.4, 0.5) is 0 Å². The van der Waals surface area contributed by atoms with Gasteiger partial charge in [0.25, 0.3) is 5.91 Å². The fourth-order valence-corrected chi connectivity index (χ4v) is 3.72. The summed E-state index contributed by atoms with van der Waals surface area (Å²) in [5.41, 5.74) is 3.09. The lowest BCUT2D eigenvalue weighted by Gasteiger charge is -2.26. The van der Waals surface area contributed by atoms with Crippen molar-refractivity contribution in [1.82, 2.24) is 4.90 Å². The lowest BCUT2D eigenvalue weighted by Crippen LogP contribution is -2.28. The van der Waals surface area contributed by atoms with Gasteiger partial charge in [-0.15, -0.1) is 0 Å². The third-order valence-electron chi connectivity index (χ3n) is 4.66. The van der Waals surface area contributed by atoms with Crippen molar-refractivity contribution in [3.63, 3.8) is 0 Å². The average molecular weight is 426 g/mol. The highest BCUT2D eigenvalue weighted by Crippen LogP contribution is 2.37. The molecule has 0 saturated heterocycles. The molecule has 1 heterocycles. The fourth-order valence-electron chi connectivity index (χ4n) is 3.31. The van der Waals surface area contributed by atoms with Gasteiger partial charge in [0.05, 0.1) is 24.3 Å². The molecule has 4 nitrogen and oxygen atoms in total. The Balaban J connectivity index is 2.09. The summed E-state index contributed by atoms with van der Waals surface area (Å²) < 4.78 is 5.85. The molecule has 2 aromatic carbocycles. The largest absolute Gasteiger partial charge is 0.465 e. The molecule has 0 bridgehead atoms. The van der Waals surface area contributed by atoms with Crippen molar-refractivity contribution in [2.45, 2.75) is 19.9 Å². The van der Waals surface area contributed by atoms with Crippen LogP contribution in [0.25, 0.3) is 6.08 Å². The zero-order chi connectivity index (χ0) is 19.6. The number of allylic oxidation sites excluding steroid dienone is 1. The monoisotopic (exact) mass is 425 g/mol. The second-order valence-electron chi connectivity index (χ2n) is 6.33. The minimum Gasteiger partial charge on any atom is -0.465 e. The van der Waals surface area contributed by atoms with Crippen LogP contribution in [0.1, 0.15) is 31.0 Å². The van der Waals surface area contributed by atoms with Gasteiger partial charge in [0.2, 0.25) is 0 Å². The standard InChI is InChI=1S/C22H20BrNO3/c1-14(17-9-5-4-6-10-17)24-15(2)20(22(26)27-3)19(21(24)25)13-16-8-7-11-18(23)12-16/h4-14H,1-3H3/b19-13-/t14-/m1/s1. The summed E-state index contributed by atoms with van der Waals surface area (Å²) in [5, 5.41) is 0. The Bertz CT molecular complexity index is 947. The molecule has 3 rings (SSSR count). The summed E-state index contributed by atoms with van der Waals surface area (Å²) in [6.07, 6.45) is 1.74. The summed E-state index contributed by atoms with van der Waals surface area (Å²) in [4.78, 5) is 27.3. The summed E-state index contributed by atoms with van der Waals surface area (Å²) >= 11 is 3.43. The second kappa shape index (κ2) is 7.92. The molecule has 0 saturated carbocycles. The highest BCUT2D eigenvalue weighted by Gasteiger charge is 2.39. The van der Waals surface area contributed by atoms with Gasteiger partial charge in [0.1, 0.15) is 0 Å². The molecule has 1 amide bonds. The molecule has 138 valence electrons. The van der Waals surface area contributed by atoms with E-state index in [1.165, 1.54) is 7.11 Å². The first-order valence-corrected chi connectivity index (χ1v) is 9.38. The number of amides is 1. The smallest absolute Gasteiger partial charge is 0.340 e. The molecule has 0 aliphatic carbocycles. The molecule has 1 aliphatic rings. The lowest BCUT2D eigenvalue weighted by molar-refractivity contribution is -0.136. The number of benzene rings is 2. The van der Waals surface area contributed by atoms with Gasteiger partial charge < -0.3 is 9.64 Å². The lowest BCUT2D eigenvalue weighted by atomic mass is 10.0. The quantitative estimate of drug-likeness (QED) is 0.517. The van der Waals surface area contributed by atoms with Gasteiger partial charge in [-0.05, 0) is 43.2 Å². The molecule has 0 N–H and O–H groups in total. The minimum atomic E-state index is -0.509. The van der Waals surface area contributed by atoms with Crippen molar-refractivity contribution in [3.05, 3.63) is 87.0 Å². The van der Waals surface area contributed by atoms with Crippen LogP contribution in [-0.4, -0.2) is 23.9 Å². The van der Waals surface area contributed by atoms with Crippen LogP contribution < -0.4 is 0 Å². The van der Waals surface area contributed by atoms with E-state index in [1.54, 1.807) is 17.9 Å². The fraction of sp³-hybridized carbons (Fsp3) is 0.182. The predicted octanol–water partition coefficient (Wildman–Crippen LogP) is 4.88. The van der Waals surface area contributed by atoms with Crippen LogP contribution in [0.5, 0.6) is 0 Å². The number of methoxy groups -OCH3 is 1. The van der Waals surface area contributed by atoms with Crippen molar-refractivity contribution in [1.29, 1.82) is 0 Å². The maximum atomic E-state index is 13.2. The Kier molecular flexibility index (Phi) is 5.61. The summed E-state index contributed by atoms with van der Waals surface area (Å²) in [6.45, 7) is 3.74. The zero-order valence-corrected chi connectivity index (χ0v) is 17.0. The number of halogens is 1. The average Bonchev–Trinajstić information content (AvgIpc) is 2.91. The highest BCUT2D eigenvalue weighted by atomic mass is 79.9. The number of carbonyl (C=O) groups is 2. The number of hydrogen-bond acceptors (Lipinski definition) is 3. The molecule has 0 radical (unpaired) electrons. The van der Waals surface area contributed by atoms with Gasteiger partial charge in [-0.2, -0.15) is 0 Å². The Labute approximate surface area is 167 Å². The van der Waals surface area contributed by atoms with E-state index < -0.39 is 5.97 Å². The summed E-state index contributed by atoms with van der Waals surface area (Å²) in [7, 11) is 1.33. The van der Waals surface area contributed by atoms with E-state index in [1.807, 2.05) is 61.5 Å². The number of rotatable bonds is 4. The Morgan fingerprint density at radius 3 is 2.48 bits per heavy atom. The van der Waals surface area contributed by atoms with Gasteiger partial charge in [0, 0.05) is 10.2 Å². The predicted molar refractivity (Wildman–Crippen MR) is 109 cm³/mol. The molecular formula is C22H20BrNO3. The number of nitrogens with zero attached hydrogens (tertiary/aromatic N) is 1. The molecule has 0 fully saturated rings. The Morgan fingerprint density at radius 2 is 1.85 bits per heavy atom. The van der Waals surface area contributed by atoms with Gasteiger partial charge >= 0.3 is 5.97 Å². The van der Waals surface area contributed by atoms with Crippen molar-refractivity contribution in [3.8, 4) is 0 Å². The molecule has 0 spiro atoms.